The Morgan fingerprint density at radius 2 is 1.81 bits per heavy atom. The van der Waals surface area contributed by atoms with Gasteiger partial charge in [0, 0.05) is 23.7 Å². The first-order valence-corrected chi connectivity index (χ1v) is 13.1. The first-order chi connectivity index (χ1) is 15.2. The lowest BCUT2D eigenvalue weighted by atomic mass is 10.0. The van der Waals surface area contributed by atoms with E-state index in [4.69, 9.17) is 0 Å². The van der Waals surface area contributed by atoms with E-state index in [1.54, 1.807) is 24.3 Å². The van der Waals surface area contributed by atoms with Crippen LogP contribution in [0.25, 0.3) is 0 Å². The third-order valence-electron chi connectivity index (χ3n) is 5.89. The zero-order valence-corrected chi connectivity index (χ0v) is 19.8. The molecule has 2 heterocycles. The van der Waals surface area contributed by atoms with Gasteiger partial charge in [-0.05, 0) is 56.0 Å². The fourth-order valence-corrected chi connectivity index (χ4v) is 6.28. The molecular formula is C23H27N3O4S2. The molecule has 0 atom stereocenters. The van der Waals surface area contributed by atoms with Gasteiger partial charge in [-0.3, -0.25) is 9.59 Å². The molecule has 0 unspecified atom stereocenters. The highest BCUT2D eigenvalue weighted by molar-refractivity contribution is 8.00. The molecule has 2 aliphatic heterocycles. The van der Waals surface area contributed by atoms with Gasteiger partial charge < -0.3 is 10.2 Å². The van der Waals surface area contributed by atoms with Crippen molar-refractivity contribution in [2.24, 2.45) is 5.92 Å². The lowest BCUT2D eigenvalue weighted by molar-refractivity contribution is -0.120. The Balaban J connectivity index is 1.57. The SMILES string of the molecule is Cc1ccc(NC(=O)CN2C(=O)CSc3ccc(S(=O)(=O)N4CCC(C)CC4)cc32)cc1. The van der Waals surface area contributed by atoms with Crippen molar-refractivity contribution in [3.8, 4) is 0 Å². The number of anilines is 2. The van der Waals surface area contributed by atoms with E-state index in [1.807, 2.05) is 19.1 Å². The number of thioether (sulfide) groups is 1. The standard InChI is InChI=1S/C23H27N3O4S2/c1-16-3-5-18(6-4-16)24-22(27)14-26-20-13-19(7-8-21(20)31-15-23(26)28)32(29,30)25-11-9-17(2)10-12-25/h3-8,13,17H,9-12,14-15H2,1-2H3,(H,24,27). The van der Waals surface area contributed by atoms with E-state index in [0.29, 0.717) is 30.4 Å². The highest BCUT2D eigenvalue weighted by Gasteiger charge is 2.32. The smallest absolute Gasteiger partial charge is 0.244 e. The third kappa shape index (κ3) is 4.84. The third-order valence-corrected chi connectivity index (χ3v) is 8.83. The van der Waals surface area contributed by atoms with Crippen LogP contribution in [0.4, 0.5) is 11.4 Å². The normalized spacial score (nSPS) is 17.8. The van der Waals surface area contributed by atoms with Gasteiger partial charge in [0.1, 0.15) is 6.54 Å². The Labute approximate surface area is 193 Å². The number of fused-ring (bicyclic) bond motifs is 1. The molecule has 1 fully saturated rings. The average molecular weight is 474 g/mol. The minimum atomic E-state index is -3.66. The Hall–Kier alpha value is -2.36. The molecule has 0 spiro atoms. The van der Waals surface area contributed by atoms with Gasteiger partial charge in [-0.2, -0.15) is 4.31 Å². The van der Waals surface area contributed by atoms with E-state index >= 15 is 0 Å². The second-order valence-corrected chi connectivity index (χ2v) is 11.4. The summed E-state index contributed by atoms with van der Waals surface area (Å²) in [6.45, 7) is 4.91. The van der Waals surface area contributed by atoms with Crippen molar-refractivity contribution in [3.05, 3.63) is 48.0 Å². The summed E-state index contributed by atoms with van der Waals surface area (Å²) in [6, 6.07) is 12.3. The lowest BCUT2D eigenvalue weighted by Gasteiger charge is -2.31. The Bertz CT molecular complexity index is 1120. The van der Waals surface area contributed by atoms with Gasteiger partial charge in [-0.25, -0.2) is 8.42 Å². The Kier molecular flexibility index (Phi) is 6.60. The maximum Gasteiger partial charge on any atom is 0.244 e. The molecule has 0 saturated carbocycles. The van der Waals surface area contributed by atoms with Gasteiger partial charge in [0.2, 0.25) is 21.8 Å². The number of piperidine rings is 1. The molecule has 2 aromatic carbocycles. The van der Waals surface area contributed by atoms with E-state index < -0.39 is 10.0 Å². The fraction of sp³-hybridized carbons (Fsp3) is 0.391. The number of aryl methyl sites for hydroxylation is 1. The van der Waals surface area contributed by atoms with Crippen LogP contribution in [0.2, 0.25) is 0 Å². The van der Waals surface area contributed by atoms with E-state index in [-0.39, 0.29) is 29.0 Å². The van der Waals surface area contributed by atoms with Crippen LogP contribution in [0.3, 0.4) is 0 Å². The number of nitrogens with one attached hydrogen (secondary N) is 1. The summed E-state index contributed by atoms with van der Waals surface area (Å²) >= 11 is 1.36. The summed E-state index contributed by atoms with van der Waals surface area (Å²) < 4.78 is 27.9. The summed E-state index contributed by atoms with van der Waals surface area (Å²) in [4.78, 5) is 27.6. The molecule has 0 radical (unpaired) electrons. The molecule has 0 aliphatic carbocycles. The van der Waals surface area contributed by atoms with Crippen molar-refractivity contribution in [1.82, 2.24) is 4.31 Å². The van der Waals surface area contributed by atoms with Crippen LogP contribution in [0, 0.1) is 12.8 Å². The first-order valence-electron chi connectivity index (χ1n) is 10.7. The van der Waals surface area contributed by atoms with Crippen molar-refractivity contribution >= 4 is 45.0 Å². The number of carbonyl (C=O) groups is 2. The lowest BCUT2D eigenvalue weighted by Crippen LogP contribution is -2.41. The highest BCUT2D eigenvalue weighted by Crippen LogP contribution is 2.37. The van der Waals surface area contributed by atoms with Gasteiger partial charge in [0.25, 0.3) is 0 Å². The minimum absolute atomic E-state index is 0.157. The van der Waals surface area contributed by atoms with E-state index in [0.717, 1.165) is 23.3 Å². The molecule has 0 aromatic heterocycles. The highest BCUT2D eigenvalue weighted by atomic mass is 32.2. The molecule has 9 heteroatoms. The molecule has 32 heavy (non-hydrogen) atoms. The zero-order valence-electron chi connectivity index (χ0n) is 18.2. The Morgan fingerprint density at radius 3 is 2.50 bits per heavy atom. The van der Waals surface area contributed by atoms with Crippen molar-refractivity contribution in [2.45, 2.75) is 36.5 Å². The second-order valence-electron chi connectivity index (χ2n) is 8.40. The van der Waals surface area contributed by atoms with E-state index in [9.17, 15) is 18.0 Å². The van der Waals surface area contributed by atoms with Crippen LogP contribution in [0.5, 0.6) is 0 Å². The summed E-state index contributed by atoms with van der Waals surface area (Å²) in [5.74, 6) is 0.170. The number of carbonyl (C=O) groups excluding carboxylic acids is 2. The molecule has 170 valence electrons. The predicted molar refractivity (Wildman–Crippen MR) is 126 cm³/mol. The monoisotopic (exact) mass is 473 g/mol. The number of nitrogens with zero attached hydrogens (tertiary/aromatic N) is 2. The maximum atomic E-state index is 13.2. The molecule has 0 bridgehead atoms. The van der Waals surface area contributed by atoms with Gasteiger partial charge in [0.05, 0.1) is 16.3 Å². The Morgan fingerprint density at radius 1 is 1.12 bits per heavy atom. The summed E-state index contributed by atoms with van der Waals surface area (Å²) in [5, 5.41) is 2.80. The number of hydrogen-bond acceptors (Lipinski definition) is 5. The molecule has 2 amide bonds. The topological polar surface area (TPSA) is 86.8 Å². The van der Waals surface area contributed by atoms with Crippen molar-refractivity contribution in [3.63, 3.8) is 0 Å². The average Bonchev–Trinajstić information content (AvgIpc) is 2.77. The quantitative estimate of drug-likeness (QED) is 0.718. The summed E-state index contributed by atoms with van der Waals surface area (Å²) in [6.07, 6.45) is 1.67. The number of benzene rings is 2. The summed E-state index contributed by atoms with van der Waals surface area (Å²) in [7, 11) is -3.66. The number of sulfonamides is 1. The molecule has 2 aliphatic rings. The van der Waals surface area contributed by atoms with Gasteiger partial charge in [-0.1, -0.05) is 24.6 Å². The number of hydrogen-bond donors (Lipinski definition) is 1. The largest absolute Gasteiger partial charge is 0.325 e. The van der Waals surface area contributed by atoms with E-state index in [2.05, 4.69) is 12.2 Å². The fourth-order valence-electron chi connectivity index (χ4n) is 3.87. The zero-order chi connectivity index (χ0) is 22.9. The first kappa shape index (κ1) is 22.8. The van der Waals surface area contributed by atoms with Crippen LogP contribution in [-0.2, 0) is 19.6 Å². The van der Waals surface area contributed by atoms with Crippen LogP contribution >= 0.6 is 11.8 Å². The van der Waals surface area contributed by atoms with Crippen LogP contribution < -0.4 is 10.2 Å². The minimum Gasteiger partial charge on any atom is -0.325 e. The molecular weight excluding hydrogens is 446 g/mol. The van der Waals surface area contributed by atoms with E-state index in [1.165, 1.54) is 27.0 Å². The van der Waals surface area contributed by atoms with Crippen molar-refractivity contribution in [1.29, 1.82) is 0 Å². The van der Waals surface area contributed by atoms with Crippen LogP contribution in [0.1, 0.15) is 25.3 Å². The van der Waals surface area contributed by atoms with Crippen molar-refractivity contribution < 1.29 is 18.0 Å². The molecule has 7 nitrogen and oxygen atoms in total. The van der Waals surface area contributed by atoms with Gasteiger partial charge in [-0.15, -0.1) is 11.8 Å². The molecule has 1 N–H and O–H groups in total. The molecule has 1 saturated heterocycles. The maximum absolute atomic E-state index is 13.2. The van der Waals surface area contributed by atoms with Crippen molar-refractivity contribution in [2.75, 3.05) is 35.6 Å². The second kappa shape index (κ2) is 9.25. The van der Waals surface area contributed by atoms with Crippen LogP contribution in [-0.4, -0.2) is 49.9 Å². The number of rotatable bonds is 5. The predicted octanol–water partition coefficient (Wildman–Crippen LogP) is 3.49. The van der Waals surface area contributed by atoms with Gasteiger partial charge in [0.15, 0.2) is 0 Å². The molecule has 4 rings (SSSR count). The number of amides is 2. The van der Waals surface area contributed by atoms with Crippen LogP contribution in [0.15, 0.2) is 52.3 Å². The molecule has 2 aromatic rings. The van der Waals surface area contributed by atoms with Gasteiger partial charge >= 0.3 is 0 Å². The summed E-state index contributed by atoms with van der Waals surface area (Å²) in [5.41, 5.74) is 2.20.